The quantitative estimate of drug-likeness (QED) is 0.512. The summed E-state index contributed by atoms with van der Waals surface area (Å²) in [5, 5.41) is 6.59. The van der Waals surface area contributed by atoms with Crippen molar-refractivity contribution >= 4 is 11.6 Å². The maximum atomic E-state index is 12.6. The molecule has 3 rings (SSSR count). The summed E-state index contributed by atoms with van der Waals surface area (Å²) in [5.41, 5.74) is 1.39. The number of nitrogens with one attached hydrogen (secondary N) is 2. The van der Waals surface area contributed by atoms with E-state index in [1.807, 2.05) is 12.1 Å². The van der Waals surface area contributed by atoms with E-state index in [9.17, 15) is 13.2 Å². The summed E-state index contributed by atoms with van der Waals surface area (Å²) < 4.78 is 43.2. The molecule has 0 radical (unpaired) electrons. The van der Waals surface area contributed by atoms with Gasteiger partial charge in [0.15, 0.2) is 5.96 Å². The fourth-order valence-corrected chi connectivity index (χ4v) is 3.69. The van der Waals surface area contributed by atoms with E-state index < -0.39 is 11.7 Å². The molecular formula is C23H29F3N4O. The number of hydrogen-bond acceptors (Lipinski definition) is 3. The van der Waals surface area contributed by atoms with E-state index in [1.165, 1.54) is 17.8 Å². The van der Waals surface area contributed by atoms with E-state index >= 15 is 0 Å². The third-order valence-electron chi connectivity index (χ3n) is 5.47. The molecule has 1 aliphatic heterocycles. The molecule has 2 aromatic rings. The number of ether oxygens (including phenoxy) is 1. The molecule has 1 fully saturated rings. The molecule has 1 unspecified atom stereocenters. The number of rotatable bonds is 7. The lowest BCUT2D eigenvalue weighted by molar-refractivity contribution is -0.137. The van der Waals surface area contributed by atoms with E-state index in [0.717, 1.165) is 49.5 Å². The molecule has 31 heavy (non-hydrogen) atoms. The van der Waals surface area contributed by atoms with Gasteiger partial charge in [0.1, 0.15) is 5.75 Å². The van der Waals surface area contributed by atoms with Crippen molar-refractivity contribution in [3.05, 3.63) is 59.7 Å². The van der Waals surface area contributed by atoms with Crippen molar-refractivity contribution in [3.8, 4) is 5.75 Å². The minimum Gasteiger partial charge on any atom is -0.497 e. The Hall–Kier alpha value is -2.90. The van der Waals surface area contributed by atoms with Crippen molar-refractivity contribution in [3.63, 3.8) is 0 Å². The Bertz CT molecular complexity index is 868. The van der Waals surface area contributed by atoms with Gasteiger partial charge in [-0.25, -0.2) is 0 Å². The van der Waals surface area contributed by atoms with Crippen LogP contribution in [0.15, 0.2) is 53.5 Å². The van der Waals surface area contributed by atoms with Gasteiger partial charge in [-0.3, -0.25) is 4.99 Å². The Morgan fingerprint density at radius 1 is 1.16 bits per heavy atom. The Kier molecular flexibility index (Phi) is 7.65. The molecular weight excluding hydrogens is 405 g/mol. The molecule has 0 aliphatic carbocycles. The molecule has 0 amide bonds. The van der Waals surface area contributed by atoms with Crippen molar-refractivity contribution in [2.75, 3.05) is 45.2 Å². The Balaban J connectivity index is 1.40. The van der Waals surface area contributed by atoms with Crippen LogP contribution in [0.4, 0.5) is 18.9 Å². The van der Waals surface area contributed by atoms with E-state index in [2.05, 4.69) is 32.7 Å². The highest BCUT2D eigenvalue weighted by Crippen LogP contribution is 2.29. The molecule has 1 atom stereocenters. The predicted molar refractivity (Wildman–Crippen MR) is 118 cm³/mol. The Labute approximate surface area is 181 Å². The van der Waals surface area contributed by atoms with E-state index in [-0.39, 0.29) is 0 Å². The average molecular weight is 435 g/mol. The first-order chi connectivity index (χ1) is 14.9. The number of hydrogen-bond donors (Lipinski definition) is 2. The van der Waals surface area contributed by atoms with Crippen molar-refractivity contribution in [1.82, 2.24) is 10.6 Å². The topological polar surface area (TPSA) is 48.9 Å². The number of benzene rings is 2. The second kappa shape index (κ2) is 10.4. The summed E-state index contributed by atoms with van der Waals surface area (Å²) in [4.78, 5) is 6.60. The van der Waals surface area contributed by atoms with Gasteiger partial charge in [-0.2, -0.15) is 13.2 Å². The lowest BCUT2D eigenvalue weighted by Gasteiger charge is -2.20. The summed E-state index contributed by atoms with van der Waals surface area (Å²) in [6.07, 6.45) is -2.59. The smallest absolute Gasteiger partial charge is 0.416 e. The van der Waals surface area contributed by atoms with Crippen molar-refractivity contribution in [1.29, 1.82) is 0 Å². The van der Waals surface area contributed by atoms with Crippen LogP contribution in [-0.4, -0.2) is 46.3 Å². The van der Waals surface area contributed by atoms with Crippen molar-refractivity contribution in [2.45, 2.75) is 19.0 Å². The molecule has 8 heteroatoms. The molecule has 2 aromatic carbocycles. The maximum absolute atomic E-state index is 12.6. The summed E-state index contributed by atoms with van der Waals surface area (Å²) in [7, 11) is 3.39. The fraction of sp³-hybridized carbons (Fsp3) is 0.435. The van der Waals surface area contributed by atoms with Gasteiger partial charge in [0.2, 0.25) is 0 Å². The van der Waals surface area contributed by atoms with E-state index in [4.69, 9.17) is 4.74 Å². The van der Waals surface area contributed by atoms with Crippen molar-refractivity contribution < 1.29 is 17.9 Å². The van der Waals surface area contributed by atoms with Gasteiger partial charge in [0.25, 0.3) is 0 Å². The average Bonchev–Trinajstić information content (AvgIpc) is 3.25. The van der Waals surface area contributed by atoms with Crippen LogP contribution in [0.3, 0.4) is 0 Å². The lowest BCUT2D eigenvalue weighted by Crippen LogP contribution is -2.41. The number of anilines is 1. The fourth-order valence-electron chi connectivity index (χ4n) is 3.69. The minimum atomic E-state index is -4.30. The van der Waals surface area contributed by atoms with Crippen LogP contribution in [0.1, 0.15) is 17.5 Å². The first kappa shape index (κ1) is 22.8. The maximum Gasteiger partial charge on any atom is 0.416 e. The molecule has 1 saturated heterocycles. The minimum absolute atomic E-state index is 0.500. The number of alkyl halides is 3. The van der Waals surface area contributed by atoms with Gasteiger partial charge in [0.05, 0.1) is 12.7 Å². The van der Waals surface area contributed by atoms with Crippen LogP contribution in [0.25, 0.3) is 0 Å². The van der Waals surface area contributed by atoms with E-state index in [0.29, 0.717) is 24.8 Å². The Morgan fingerprint density at radius 2 is 1.94 bits per heavy atom. The van der Waals surface area contributed by atoms with Crippen LogP contribution in [0.2, 0.25) is 0 Å². The molecule has 0 saturated carbocycles. The zero-order chi connectivity index (χ0) is 22.3. The van der Waals surface area contributed by atoms with Crippen LogP contribution in [-0.2, 0) is 12.6 Å². The molecule has 0 spiro atoms. The number of guanidine groups is 1. The van der Waals surface area contributed by atoms with E-state index in [1.54, 1.807) is 14.2 Å². The summed E-state index contributed by atoms with van der Waals surface area (Å²) in [5.74, 6) is 2.06. The largest absolute Gasteiger partial charge is 0.497 e. The number of methoxy groups -OCH3 is 1. The van der Waals surface area contributed by atoms with Crippen LogP contribution in [0, 0.1) is 5.92 Å². The van der Waals surface area contributed by atoms with Crippen LogP contribution >= 0.6 is 0 Å². The molecule has 1 heterocycles. The van der Waals surface area contributed by atoms with Gasteiger partial charge in [-0.1, -0.05) is 18.2 Å². The summed E-state index contributed by atoms with van der Waals surface area (Å²) in [6, 6.07) is 13.4. The van der Waals surface area contributed by atoms with Gasteiger partial charge in [0, 0.05) is 45.0 Å². The molecule has 2 N–H and O–H groups in total. The number of halogens is 3. The first-order valence-corrected chi connectivity index (χ1v) is 10.4. The third kappa shape index (κ3) is 6.54. The summed E-state index contributed by atoms with van der Waals surface area (Å²) >= 11 is 0. The monoisotopic (exact) mass is 434 g/mol. The molecule has 0 aromatic heterocycles. The highest BCUT2D eigenvalue weighted by molar-refractivity contribution is 5.79. The normalized spacial score (nSPS) is 17.0. The molecule has 168 valence electrons. The first-order valence-electron chi connectivity index (χ1n) is 10.4. The zero-order valence-electron chi connectivity index (χ0n) is 17.9. The highest BCUT2D eigenvalue weighted by atomic mass is 19.4. The second-order valence-electron chi connectivity index (χ2n) is 7.63. The number of nitrogens with zero attached hydrogens (tertiary/aromatic N) is 2. The van der Waals surface area contributed by atoms with Gasteiger partial charge >= 0.3 is 6.18 Å². The van der Waals surface area contributed by atoms with Crippen molar-refractivity contribution in [2.24, 2.45) is 10.9 Å². The van der Waals surface area contributed by atoms with Crippen LogP contribution < -0.4 is 20.3 Å². The lowest BCUT2D eigenvalue weighted by atomic mass is 10.1. The van der Waals surface area contributed by atoms with Gasteiger partial charge in [-0.15, -0.1) is 0 Å². The third-order valence-corrected chi connectivity index (χ3v) is 5.47. The molecule has 1 aliphatic rings. The number of aliphatic imine (C=N–C) groups is 1. The summed E-state index contributed by atoms with van der Waals surface area (Å²) in [6.45, 7) is 3.36. The highest BCUT2D eigenvalue weighted by Gasteiger charge is 2.29. The molecule has 0 bridgehead atoms. The second-order valence-corrected chi connectivity index (χ2v) is 7.63. The van der Waals surface area contributed by atoms with Crippen LogP contribution in [0.5, 0.6) is 5.75 Å². The Morgan fingerprint density at radius 3 is 2.61 bits per heavy atom. The molecule has 5 nitrogen and oxygen atoms in total. The van der Waals surface area contributed by atoms with Gasteiger partial charge < -0.3 is 20.3 Å². The SMILES string of the molecule is CN=C(NCCc1ccc(C(F)(F)F)cc1)NCC1CCN(c2cccc(OC)c2)C1. The van der Waals surface area contributed by atoms with Gasteiger partial charge in [-0.05, 0) is 48.6 Å². The standard InChI is InChI=1S/C23H29F3N4O/c1-27-22(28-12-10-17-6-8-19(9-7-17)23(24,25)26)29-15-18-11-13-30(16-18)20-4-3-5-21(14-20)31-2/h3-9,14,18H,10-13,15-16H2,1-2H3,(H2,27,28,29). The zero-order valence-corrected chi connectivity index (χ0v) is 17.9. The predicted octanol–water partition coefficient (Wildman–Crippen LogP) is 3.95.